The molecule has 0 amide bonds. The molecule has 0 aliphatic heterocycles. The Bertz CT molecular complexity index is 369. The van der Waals surface area contributed by atoms with Crippen LogP contribution in [0.1, 0.15) is 32.8 Å². The van der Waals surface area contributed by atoms with Crippen LogP contribution in [0.15, 0.2) is 35.9 Å². The van der Waals surface area contributed by atoms with E-state index in [0.29, 0.717) is 6.04 Å². The Kier molecular flexibility index (Phi) is 6.31. The number of hydrogen-bond acceptors (Lipinski definition) is 1. The van der Waals surface area contributed by atoms with E-state index in [9.17, 15) is 0 Å². The lowest BCUT2D eigenvalue weighted by atomic mass is 10.1. The molecule has 17 heavy (non-hydrogen) atoms. The Morgan fingerprint density at radius 2 is 2.06 bits per heavy atom. The zero-order valence-corrected chi connectivity index (χ0v) is 11.7. The molecule has 1 nitrogen and oxygen atoms in total. The third kappa shape index (κ3) is 5.90. The molecular weight excluding hydrogens is 230 g/mol. The fraction of sp³-hybridized carbons (Fsp3) is 0.467. The Hall–Kier alpha value is -0.790. The van der Waals surface area contributed by atoms with Crippen molar-refractivity contribution in [2.45, 2.75) is 39.7 Å². The molecule has 0 radical (unpaired) electrons. The fourth-order valence-corrected chi connectivity index (χ4v) is 1.91. The molecule has 0 heterocycles. The van der Waals surface area contributed by atoms with Gasteiger partial charge in [-0.15, -0.1) is 0 Å². The average molecular weight is 252 g/mol. The van der Waals surface area contributed by atoms with E-state index in [0.717, 1.165) is 24.4 Å². The molecule has 0 aliphatic carbocycles. The molecule has 0 spiro atoms. The number of halogens is 1. The maximum Gasteiger partial charge on any atom is 0.0441 e. The molecule has 0 saturated heterocycles. The van der Waals surface area contributed by atoms with Crippen LogP contribution in [0.4, 0.5) is 0 Å². The van der Waals surface area contributed by atoms with E-state index in [1.54, 1.807) is 0 Å². The minimum absolute atomic E-state index is 0.562. The van der Waals surface area contributed by atoms with Gasteiger partial charge in [-0.1, -0.05) is 55.3 Å². The number of nitrogens with one attached hydrogen (secondary N) is 1. The van der Waals surface area contributed by atoms with Crippen molar-refractivity contribution in [3.05, 3.63) is 46.5 Å². The SMILES string of the molecule is CC(=CCCNC(C)C)Cc1ccccc1Cl. The Labute approximate surface area is 110 Å². The van der Waals surface area contributed by atoms with E-state index in [-0.39, 0.29) is 0 Å². The lowest BCUT2D eigenvalue weighted by Gasteiger charge is -2.07. The molecule has 0 aromatic heterocycles. The lowest BCUT2D eigenvalue weighted by Crippen LogP contribution is -2.23. The summed E-state index contributed by atoms with van der Waals surface area (Å²) in [5.41, 5.74) is 2.59. The van der Waals surface area contributed by atoms with Crippen molar-refractivity contribution in [3.8, 4) is 0 Å². The van der Waals surface area contributed by atoms with Gasteiger partial charge in [-0.3, -0.25) is 0 Å². The van der Waals surface area contributed by atoms with Gasteiger partial charge in [0, 0.05) is 11.1 Å². The highest BCUT2D eigenvalue weighted by molar-refractivity contribution is 6.31. The second kappa shape index (κ2) is 7.52. The van der Waals surface area contributed by atoms with Gasteiger partial charge >= 0.3 is 0 Å². The van der Waals surface area contributed by atoms with Gasteiger partial charge in [0.25, 0.3) is 0 Å². The van der Waals surface area contributed by atoms with Crippen LogP contribution in [0.3, 0.4) is 0 Å². The molecule has 1 N–H and O–H groups in total. The summed E-state index contributed by atoms with van der Waals surface area (Å²) in [6.45, 7) is 7.54. The predicted molar refractivity (Wildman–Crippen MR) is 76.7 cm³/mol. The summed E-state index contributed by atoms with van der Waals surface area (Å²) in [4.78, 5) is 0. The van der Waals surface area contributed by atoms with Gasteiger partial charge in [-0.05, 0) is 37.9 Å². The predicted octanol–water partition coefficient (Wildman–Crippen LogP) is 4.22. The van der Waals surface area contributed by atoms with Crippen molar-refractivity contribution in [1.29, 1.82) is 0 Å². The third-order valence-corrected chi connectivity index (χ3v) is 2.99. The summed E-state index contributed by atoms with van der Waals surface area (Å²) in [5, 5.41) is 4.27. The molecule has 0 saturated carbocycles. The molecule has 2 heteroatoms. The van der Waals surface area contributed by atoms with Crippen LogP contribution >= 0.6 is 11.6 Å². The maximum absolute atomic E-state index is 6.13. The smallest absolute Gasteiger partial charge is 0.0441 e. The zero-order valence-electron chi connectivity index (χ0n) is 11.0. The van der Waals surface area contributed by atoms with Crippen LogP contribution in [0.2, 0.25) is 5.02 Å². The molecule has 0 aliphatic rings. The summed E-state index contributed by atoms with van der Waals surface area (Å²) < 4.78 is 0. The van der Waals surface area contributed by atoms with Crippen molar-refractivity contribution in [2.75, 3.05) is 6.54 Å². The third-order valence-electron chi connectivity index (χ3n) is 2.62. The van der Waals surface area contributed by atoms with Crippen molar-refractivity contribution in [2.24, 2.45) is 0 Å². The first-order chi connectivity index (χ1) is 8.09. The average Bonchev–Trinajstić information content (AvgIpc) is 2.27. The van der Waals surface area contributed by atoms with E-state index in [2.05, 4.69) is 38.2 Å². The maximum atomic E-state index is 6.13. The molecule has 94 valence electrons. The van der Waals surface area contributed by atoms with E-state index in [1.807, 2.05) is 18.2 Å². The molecule has 0 atom stereocenters. The molecule has 0 fully saturated rings. The van der Waals surface area contributed by atoms with E-state index >= 15 is 0 Å². The first-order valence-corrected chi connectivity index (χ1v) is 6.60. The largest absolute Gasteiger partial charge is 0.314 e. The summed E-state index contributed by atoms with van der Waals surface area (Å²) >= 11 is 6.13. The van der Waals surface area contributed by atoms with Crippen LogP contribution in [0.25, 0.3) is 0 Å². The first-order valence-electron chi connectivity index (χ1n) is 6.22. The number of benzene rings is 1. The Balaban J connectivity index is 2.41. The Morgan fingerprint density at radius 3 is 2.71 bits per heavy atom. The number of rotatable bonds is 6. The molecule has 1 aromatic rings. The topological polar surface area (TPSA) is 12.0 Å². The van der Waals surface area contributed by atoms with Crippen LogP contribution in [-0.4, -0.2) is 12.6 Å². The first kappa shape index (κ1) is 14.3. The van der Waals surface area contributed by atoms with Gasteiger partial charge < -0.3 is 5.32 Å². The van der Waals surface area contributed by atoms with Crippen LogP contribution in [0.5, 0.6) is 0 Å². The van der Waals surface area contributed by atoms with E-state index in [4.69, 9.17) is 11.6 Å². The summed E-state index contributed by atoms with van der Waals surface area (Å²) in [7, 11) is 0. The second-order valence-corrected chi connectivity index (χ2v) is 5.12. The zero-order chi connectivity index (χ0) is 12.7. The van der Waals surface area contributed by atoms with Crippen LogP contribution < -0.4 is 5.32 Å². The Morgan fingerprint density at radius 1 is 1.35 bits per heavy atom. The van der Waals surface area contributed by atoms with Gasteiger partial charge in [0.2, 0.25) is 0 Å². The minimum Gasteiger partial charge on any atom is -0.314 e. The van der Waals surface area contributed by atoms with Crippen LogP contribution in [-0.2, 0) is 6.42 Å². The molecular formula is C15H22ClN. The van der Waals surface area contributed by atoms with Crippen molar-refractivity contribution in [3.63, 3.8) is 0 Å². The van der Waals surface area contributed by atoms with Gasteiger partial charge in [0.05, 0.1) is 0 Å². The van der Waals surface area contributed by atoms with Gasteiger partial charge in [-0.25, -0.2) is 0 Å². The number of hydrogen-bond donors (Lipinski definition) is 1. The standard InChI is InChI=1S/C15H22ClN/c1-12(2)17-10-6-7-13(3)11-14-8-4-5-9-15(14)16/h4-5,7-9,12,17H,6,10-11H2,1-3H3. The van der Waals surface area contributed by atoms with Gasteiger partial charge in [-0.2, -0.15) is 0 Å². The van der Waals surface area contributed by atoms with Crippen molar-refractivity contribution < 1.29 is 0 Å². The molecule has 1 aromatic carbocycles. The lowest BCUT2D eigenvalue weighted by molar-refractivity contribution is 0.594. The summed E-state index contributed by atoms with van der Waals surface area (Å²) in [6.07, 6.45) is 4.31. The second-order valence-electron chi connectivity index (χ2n) is 4.72. The van der Waals surface area contributed by atoms with Crippen molar-refractivity contribution in [1.82, 2.24) is 5.32 Å². The van der Waals surface area contributed by atoms with E-state index in [1.165, 1.54) is 11.1 Å². The fourth-order valence-electron chi connectivity index (χ4n) is 1.70. The highest BCUT2D eigenvalue weighted by atomic mass is 35.5. The molecule has 1 rings (SSSR count). The highest BCUT2D eigenvalue weighted by Gasteiger charge is 1.99. The molecule has 0 unspecified atom stereocenters. The van der Waals surface area contributed by atoms with Gasteiger partial charge in [0.1, 0.15) is 0 Å². The monoisotopic (exact) mass is 251 g/mol. The van der Waals surface area contributed by atoms with E-state index < -0.39 is 0 Å². The highest BCUT2D eigenvalue weighted by Crippen LogP contribution is 2.18. The summed E-state index contributed by atoms with van der Waals surface area (Å²) in [6, 6.07) is 8.61. The molecule has 0 bridgehead atoms. The summed E-state index contributed by atoms with van der Waals surface area (Å²) in [5.74, 6) is 0. The minimum atomic E-state index is 0.562. The normalized spacial score (nSPS) is 12.2. The van der Waals surface area contributed by atoms with Gasteiger partial charge in [0.15, 0.2) is 0 Å². The quantitative estimate of drug-likeness (QED) is 0.590. The van der Waals surface area contributed by atoms with Crippen molar-refractivity contribution >= 4 is 11.6 Å². The number of allylic oxidation sites excluding steroid dienone is 1. The van der Waals surface area contributed by atoms with Crippen LogP contribution in [0, 0.1) is 0 Å².